The van der Waals surface area contributed by atoms with Crippen LogP contribution >= 0.6 is 0 Å². The normalized spacial score (nSPS) is 26.3. The van der Waals surface area contributed by atoms with E-state index < -0.39 is 6.23 Å². The van der Waals surface area contributed by atoms with Crippen molar-refractivity contribution < 1.29 is 5.11 Å². The van der Waals surface area contributed by atoms with Gasteiger partial charge in [-0.3, -0.25) is 0 Å². The first-order valence-corrected chi connectivity index (χ1v) is 14.1. The van der Waals surface area contributed by atoms with E-state index in [0.29, 0.717) is 11.8 Å². The Balaban J connectivity index is 1.74. The van der Waals surface area contributed by atoms with Gasteiger partial charge in [0.15, 0.2) is 12.1 Å². The zero-order chi connectivity index (χ0) is 25.6. The van der Waals surface area contributed by atoms with Crippen molar-refractivity contribution in [3.8, 4) is 0 Å². The van der Waals surface area contributed by atoms with Crippen molar-refractivity contribution in [3.05, 3.63) is 29.4 Å². The molecular weight excluding hydrogens is 434 g/mol. The summed E-state index contributed by atoms with van der Waals surface area (Å²) in [6.45, 7) is 15.4. The summed E-state index contributed by atoms with van der Waals surface area (Å²) in [5, 5.41) is 23.2. The van der Waals surface area contributed by atoms with E-state index in [2.05, 4.69) is 57.4 Å². The molecule has 0 amide bonds. The molecule has 5 atom stereocenters. The maximum absolute atomic E-state index is 11.3. The van der Waals surface area contributed by atoms with Crippen LogP contribution in [-0.4, -0.2) is 46.1 Å². The number of rotatable bonds is 13. The molecule has 0 aromatic carbocycles. The van der Waals surface area contributed by atoms with Gasteiger partial charge in [-0.1, -0.05) is 58.8 Å². The van der Waals surface area contributed by atoms with Gasteiger partial charge in [-0.2, -0.15) is 0 Å². The van der Waals surface area contributed by atoms with Crippen molar-refractivity contribution in [2.75, 3.05) is 20.1 Å². The third-order valence-electron chi connectivity index (χ3n) is 8.76. The highest BCUT2D eigenvalue weighted by atomic mass is 16.3. The van der Waals surface area contributed by atoms with Gasteiger partial charge >= 0.3 is 0 Å². The molecule has 0 bridgehead atoms. The van der Waals surface area contributed by atoms with Crippen molar-refractivity contribution in [1.82, 2.24) is 25.4 Å². The molecule has 6 heteroatoms. The van der Waals surface area contributed by atoms with Crippen LogP contribution in [-0.2, 0) is 0 Å². The number of aliphatic hydroxyl groups excluding tert-OH is 1. The number of aliphatic hydroxyl groups is 1. The molecule has 0 saturated heterocycles. The Hall–Kier alpha value is -1.50. The fourth-order valence-corrected chi connectivity index (χ4v) is 5.82. The van der Waals surface area contributed by atoms with Crippen LogP contribution in [0.25, 0.3) is 5.57 Å². The molecule has 3 N–H and O–H groups in total. The van der Waals surface area contributed by atoms with Crippen molar-refractivity contribution in [1.29, 1.82) is 0 Å². The molecule has 2 aliphatic carbocycles. The van der Waals surface area contributed by atoms with Crippen LogP contribution in [0.5, 0.6) is 0 Å². The molecule has 0 aliphatic heterocycles. The largest absolute Gasteiger partial charge is 0.371 e. The van der Waals surface area contributed by atoms with Gasteiger partial charge < -0.3 is 15.7 Å². The van der Waals surface area contributed by atoms with E-state index in [1.165, 1.54) is 31.3 Å². The fourth-order valence-electron chi connectivity index (χ4n) is 5.82. The second-order valence-electron chi connectivity index (χ2n) is 11.4. The summed E-state index contributed by atoms with van der Waals surface area (Å²) in [5.74, 6) is 2.72. The van der Waals surface area contributed by atoms with Crippen LogP contribution in [0.2, 0.25) is 0 Å². The Morgan fingerprint density at radius 2 is 1.86 bits per heavy atom. The molecule has 1 heterocycles. The Morgan fingerprint density at radius 1 is 1.14 bits per heavy atom. The first-order valence-electron chi connectivity index (χ1n) is 14.1. The summed E-state index contributed by atoms with van der Waals surface area (Å²) < 4.78 is 1.76. The van der Waals surface area contributed by atoms with Crippen LogP contribution in [0.1, 0.15) is 104 Å². The SMILES string of the molecule is CCCCNCC[C@H](NC)C(C)C(O)n1nc(/C2=C/CC/C=C(/C(C)(C)CC)C3CC[C@@H]23)nc1C. The molecule has 35 heavy (non-hydrogen) atoms. The summed E-state index contributed by atoms with van der Waals surface area (Å²) in [4.78, 5) is 4.89. The molecule has 3 rings (SSSR count). The van der Waals surface area contributed by atoms with Crippen molar-refractivity contribution in [2.45, 2.75) is 105 Å². The summed E-state index contributed by atoms with van der Waals surface area (Å²) in [5.41, 5.74) is 3.18. The minimum Gasteiger partial charge on any atom is -0.371 e. The molecule has 0 spiro atoms. The predicted molar refractivity (Wildman–Crippen MR) is 146 cm³/mol. The van der Waals surface area contributed by atoms with Crippen LogP contribution in [0.15, 0.2) is 17.7 Å². The lowest BCUT2D eigenvalue weighted by Gasteiger charge is -2.45. The molecule has 0 radical (unpaired) electrons. The van der Waals surface area contributed by atoms with Gasteiger partial charge in [0.1, 0.15) is 5.82 Å². The molecule has 1 aromatic heterocycles. The average Bonchev–Trinajstić information content (AvgIpc) is 3.20. The van der Waals surface area contributed by atoms with E-state index in [1.54, 1.807) is 10.3 Å². The van der Waals surface area contributed by atoms with Crippen LogP contribution < -0.4 is 10.6 Å². The minimum atomic E-state index is -0.704. The number of hydrogen-bond acceptors (Lipinski definition) is 5. The number of nitrogens with one attached hydrogen (secondary N) is 2. The van der Waals surface area contributed by atoms with E-state index in [-0.39, 0.29) is 17.4 Å². The zero-order valence-corrected chi connectivity index (χ0v) is 23.4. The van der Waals surface area contributed by atoms with Crippen LogP contribution in [0.4, 0.5) is 0 Å². The molecule has 1 aromatic rings. The first-order chi connectivity index (χ1) is 16.7. The summed E-state index contributed by atoms with van der Waals surface area (Å²) in [6, 6.07) is 0.201. The molecule has 3 unspecified atom stereocenters. The predicted octanol–water partition coefficient (Wildman–Crippen LogP) is 5.65. The van der Waals surface area contributed by atoms with Gasteiger partial charge in [0.25, 0.3) is 0 Å². The van der Waals surface area contributed by atoms with Crippen LogP contribution in [0.3, 0.4) is 0 Å². The quantitative estimate of drug-likeness (QED) is 0.249. The number of aryl methyl sites for hydroxylation is 1. The molecule has 2 aliphatic rings. The number of allylic oxidation sites excluding steroid dienone is 4. The van der Waals surface area contributed by atoms with E-state index >= 15 is 0 Å². The third-order valence-corrected chi connectivity index (χ3v) is 8.76. The highest BCUT2D eigenvalue weighted by Crippen LogP contribution is 2.53. The average molecular weight is 486 g/mol. The topological polar surface area (TPSA) is 75.0 Å². The van der Waals surface area contributed by atoms with Gasteiger partial charge in [-0.05, 0) is 94.8 Å². The standard InChI is InChI=1S/C29H51N5O/c1-8-10-18-31-19-17-26(30-7)20(3)28(35)34-21(4)32-27(33-34)24-13-11-12-14-25(29(5,6)9-2)23-16-15-22(23)24/h13-14,20,22-23,26,28,30-31,35H,8-12,15-19H2,1-7H3/b24-13+,25-14+/t20?,22-,23?,26+,28?/m1/s1. The van der Waals surface area contributed by atoms with Crippen molar-refractivity contribution in [3.63, 3.8) is 0 Å². The summed E-state index contributed by atoms with van der Waals surface area (Å²) in [7, 11) is 1.98. The lowest BCUT2D eigenvalue weighted by atomic mass is 9.59. The summed E-state index contributed by atoms with van der Waals surface area (Å²) >= 11 is 0. The lowest BCUT2D eigenvalue weighted by molar-refractivity contribution is 0.0182. The molecule has 1 saturated carbocycles. The Kier molecular flexibility index (Phi) is 10.1. The number of nitrogens with zero attached hydrogens (tertiary/aromatic N) is 3. The minimum absolute atomic E-state index is 0.0175. The smallest absolute Gasteiger partial charge is 0.177 e. The summed E-state index contributed by atoms with van der Waals surface area (Å²) in [6.07, 6.45) is 13.3. The second kappa shape index (κ2) is 12.6. The molecule has 1 fully saturated rings. The van der Waals surface area contributed by atoms with E-state index in [0.717, 1.165) is 50.4 Å². The molecule has 198 valence electrons. The fraction of sp³-hybridized carbons (Fsp3) is 0.793. The number of fused-ring (bicyclic) bond motifs is 1. The maximum atomic E-state index is 11.3. The van der Waals surface area contributed by atoms with E-state index in [1.807, 2.05) is 14.0 Å². The Morgan fingerprint density at radius 3 is 2.49 bits per heavy atom. The number of hydrogen-bond donors (Lipinski definition) is 3. The first kappa shape index (κ1) is 28.1. The van der Waals surface area contributed by atoms with Gasteiger partial charge in [0.2, 0.25) is 0 Å². The van der Waals surface area contributed by atoms with E-state index in [4.69, 9.17) is 10.1 Å². The van der Waals surface area contributed by atoms with E-state index in [9.17, 15) is 5.11 Å². The number of unbranched alkanes of at least 4 members (excludes halogenated alkanes) is 1. The molecule has 6 nitrogen and oxygen atoms in total. The highest BCUT2D eigenvalue weighted by molar-refractivity contribution is 5.64. The number of aromatic nitrogens is 3. The molecular formula is C29H51N5O. The van der Waals surface area contributed by atoms with Gasteiger partial charge in [-0.15, -0.1) is 5.10 Å². The lowest BCUT2D eigenvalue weighted by Crippen LogP contribution is -2.39. The third kappa shape index (κ3) is 6.44. The van der Waals surface area contributed by atoms with Gasteiger partial charge in [0, 0.05) is 12.0 Å². The second-order valence-corrected chi connectivity index (χ2v) is 11.4. The van der Waals surface area contributed by atoms with Crippen molar-refractivity contribution in [2.24, 2.45) is 23.2 Å². The zero-order valence-electron chi connectivity index (χ0n) is 23.4. The van der Waals surface area contributed by atoms with Gasteiger partial charge in [-0.25, -0.2) is 9.67 Å². The van der Waals surface area contributed by atoms with Crippen LogP contribution in [0, 0.1) is 30.1 Å². The van der Waals surface area contributed by atoms with Gasteiger partial charge in [0.05, 0.1) is 0 Å². The highest BCUT2D eigenvalue weighted by Gasteiger charge is 2.42. The Bertz CT molecular complexity index is 870. The Labute approximate surface area is 214 Å². The maximum Gasteiger partial charge on any atom is 0.177 e. The van der Waals surface area contributed by atoms with Crippen molar-refractivity contribution >= 4 is 5.57 Å². The monoisotopic (exact) mass is 485 g/mol.